The van der Waals surface area contributed by atoms with Crippen LogP contribution in [0.5, 0.6) is 11.5 Å². The number of ether oxygens (including phenoxy) is 4. The number of aliphatic hydroxyl groups is 3. The SMILES string of the molecule is COC1=CC2CCCN3CCc4cc5c(cc4C(C1OC(=O)C(O)(CCCC(C)(C)O)CC(O)NCc1ccco1)C23)OCO5. The number of nitrogens with zero attached hydrogens (tertiary/aromatic N) is 1. The molecule has 1 saturated heterocycles. The zero-order valence-corrected chi connectivity index (χ0v) is 26.4. The number of aliphatic hydroxyl groups excluding tert-OH is 1. The van der Waals surface area contributed by atoms with Gasteiger partial charge in [-0.3, -0.25) is 10.2 Å². The molecule has 0 radical (unpaired) electrons. The average Bonchev–Trinajstić information content (AvgIpc) is 3.66. The number of furan rings is 1. The van der Waals surface area contributed by atoms with Gasteiger partial charge in [-0.1, -0.05) is 0 Å². The maximum Gasteiger partial charge on any atom is 0.339 e. The van der Waals surface area contributed by atoms with Crippen LogP contribution in [0.15, 0.2) is 46.8 Å². The van der Waals surface area contributed by atoms with Crippen LogP contribution in [-0.2, 0) is 27.2 Å². The first-order valence-electron chi connectivity index (χ1n) is 16.1. The van der Waals surface area contributed by atoms with E-state index in [1.165, 1.54) is 6.26 Å². The van der Waals surface area contributed by atoms with E-state index in [4.69, 9.17) is 23.4 Å². The molecule has 1 fully saturated rings. The van der Waals surface area contributed by atoms with Crippen LogP contribution in [0.4, 0.5) is 0 Å². The van der Waals surface area contributed by atoms with Crippen molar-refractivity contribution in [1.29, 1.82) is 0 Å². The number of esters is 1. The van der Waals surface area contributed by atoms with Gasteiger partial charge in [0.2, 0.25) is 6.79 Å². The average molecular weight is 627 g/mol. The van der Waals surface area contributed by atoms with E-state index in [1.54, 1.807) is 33.1 Å². The zero-order chi connectivity index (χ0) is 31.8. The van der Waals surface area contributed by atoms with Gasteiger partial charge in [0.05, 0.1) is 25.5 Å². The van der Waals surface area contributed by atoms with Crippen LogP contribution in [-0.4, -0.2) is 82.8 Å². The molecule has 6 unspecified atom stereocenters. The summed E-state index contributed by atoms with van der Waals surface area (Å²) in [5.41, 5.74) is -0.865. The van der Waals surface area contributed by atoms with Crippen LogP contribution in [0, 0.1) is 5.92 Å². The predicted molar refractivity (Wildman–Crippen MR) is 163 cm³/mol. The fourth-order valence-electron chi connectivity index (χ4n) is 7.52. The van der Waals surface area contributed by atoms with E-state index >= 15 is 0 Å². The number of hydrogen-bond acceptors (Lipinski definition) is 11. The summed E-state index contributed by atoms with van der Waals surface area (Å²) in [7, 11) is 1.59. The molecular formula is C34H46N2O9. The normalized spacial score (nSPS) is 26.1. The second-order valence-corrected chi connectivity index (χ2v) is 13.5. The Bertz CT molecular complexity index is 1370. The first-order chi connectivity index (χ1) is 21.5. The second-order valence-electron chi connectivity index (χ2n) is 13.5. The minimum Gasteiger partial charge on any atom is -0.497 e. The molecular weight excluding hydrogens is 580 g/mol. The fourth-order valence-corrected chi connectivity index (χ4v) is 7.52. The maximum atomic E-state index is 14.2. The number of benzene rings is 1. The van der Waals surface area contributed by atoms with Crippen molar-refractivity contribution < 1.29 is 43.5 Å². The molecule has 6 atom stereocenters. The molecule has 11 nitrogen and oxygen atoms in total. The monoisotopic (exact) mass is 626 g/mol. The van der Waals surface area contributed by atoms with Gasteiger partial charge < -0.3 is 38.7 Å². The van der Waals surface area contributed by atoms with Gasteiger partial charge in [-0.25, -0.2) is 4.79 Å². The summed E-state index contributed by atoms with van der Waals surface area (Å²) in [5, 5.41) is 36.1. The molecule has 45 heavy (non-hydrogen) atoms. The summed E-state index contributed by atoms with van der Waals surface area (Å²) in [6.45, 7) is 5.57. The highest BCUT2D eigenvalue weighted by atomic mass is 16.7. The van der Waals surface area contributed by atoms with E-state index < -0.39 is 29.5 Å². The molecule has 6 rings (SSSR count). The van der Waals surface area contributed by atoms with E-state index in [0.29, 0.717) is 35.9 Å². The molecule has 3 aliphatic heterocycles. The summed E-state index contributed by atoms with van der Waals surface area (Å²) in [5.74, 6) is 1.65. The van der Waals surface area contributed by atoms with Crippen molar-refractivity contribution in [1.82, 2.24) is 10.2 Å². The Labute approximate surface area is 264 Å². The molecule has 1 aromatic carbocycles. The smallest absolute Gasteiger partial charge is 0.339 e. The van der Waals surface area contributed by atoms with E-state index in [0.717, 1.165) is 43.5 Å². The number of piperidine rings is 1. The molecule has 0 bridgehead atoms. The van der Waals surface area contributed by atoms with E-state index in [2.05, 4.69) is 16.3 Å². The third-order valence-corrected chi connectivity index (χ3v) is 9.71. The van der Waals surface area contributed by atoms with Crippen LogP contribution < -0.4 is 14.8 Å². The van der Waals surface area contributed by atoms with Crippen LogP contribution >= 0.6 is 0 Å². The first kappa shape index (κ1) is 31.9. The molecule has 0 saturated carbocycles. The highest BCUT2D eigenvalue weighted by Crippen LogP contribution is 2.50. The third-order valence-electron chi connectivity index (χ3n) is 9.71. The van der Waals surface area contributed by atoms with Gasteiger partial charge in [-0.05, 0) is 106 Å². The van der Waals surface area contributed by atoms with Crippen molar-refractivity contribution in [3.05, 3.63) is 59.3 Å². The van der Waals surface area contributed by atoms with E-state index in [1.807, 2.05) is 12.1 Å². The lowest BCUT2D eigenvalue weighted by molar-refractivity contribution is -0.179. The third kappa shape index (κ3) is 6.88. The van der Waals surface area contributed by atoms with Crippen molar-refractivity contribution >= 4 is 5.97 Å². The Balaban J connectivity index is 1.31. The lowest BCUT2D eigenvalue weighted by Gasteiger charge is -2.48. The van der Waals surface area contributed by atoms with Crippen LogP contribution in [0.2, 0.25) is 0 Å². The number of nitrogens with one attached hydrogen (secondary N) is 1. The van der Waals surface area contributed by atoms with Crippen LogP contribution in [0.1, 0.15) is 75.2 Å². The van der Waals surface area contributed by atoms with Gasteiger partial charge in [0.15, 0.2) is 23.2 Å². The molecule has 0 spiro atoms. The van der Waals surface area contributed by atoms with Crippen molar-refractivity contribution in [2.45, 2.75) is 101 Å². The van der Waals surface area contributed by atoms with Gasteiger partial charge in [0.1, 0.15) is 17.7 Å². The molecule has 246 valence electrons. The predicted octanol–water partition coefficient (Wildman–Crippen LogP) is 3.35. The minimum absolute atomic E-state index is 0.00775. The summed E-state index contributed by atoms with van der Waals surface area (Å²) >= 11 is 0. The molecule has 0 amide bonds. The van der Waals surface area contributed by atoms with Crippen molar-refractivity contribution in [2.75, 3.05) is 27.0 Å². The molecule has 4 heterocycles. The molecule has 1 aromatic heterocycles. The lowest BCUT2D eigenvalue weighted by Crippen LogP contribution is -2.55. The van der Waals surface area contributed by atoms with Crippen molar-refractivity contribution in [3.8, 4) is 11.5 Å². The van der Waals surface area contributed by atoms with Gasteiger partial charge in [0.25, 0.3) is 0 Å². The standard InChI is InChI=1S/C34H46N2O9/c1-33(2,39)10-6-11-34(40,18-28(37)35-19-23-8-5-14-42-23)32(38)45-31-27(41-3)16-22-7-4-12-36-13-9-21-15-25-26(44-20-43-25)17-24(21)29(31)30(22)36/h5,8,14-17,22,28-31,35,37,39-40H,4,6-7,9-13,18-20H2,1-3H3. The molecule has 1 aliphatic carbocycles. The number of hydrogen-bond donors (Lipinski definition) is 4. The first-order valence-corrected chi connectivity index (χ1v) is 16.1. The van der Waals surface area contributed by atoms with Gasteiger partial charge in [0, 0.05) is 24.9 Å². The van der Waals surface area contributed by atoms with Crippen molar-refractivity contribution in [2.24, 2.45) is 5.92 Å². The zero-order valence-electron chi connectivity index (χ0n) is 26.4. The Morgan fingerprint density at radius 1 is 1.18 bits per heavy atom. The maximum absolute atomic E-state index is 14.2. The molecule has 2 aromatic rings. The number of fused-ring (bicyclic) bond motifs is 3. The quantitative estimate of drug-likeness (QED) is 0.203. The summed E-state index contributed by atoms with van der Waals surface area (Å²) in [6, 6.07) is 7.65. The van der Waals surface area contributed by atoms with E-state index in [-0.39, 0.29) is 44.1 Å². The summed E-state index contributed by atoms with van der Waals surface area (Å²) in [4.78, 5) is 16.7. The number of carbonyl (C=O) groups is 1. The van der Waals surface area contributed by atoms with Gasteiger partial charge in [-0.15, -0.1) is 0 Å². The van der Waals surface area contributed by atoms with Crippen LogP contribution in [0.3, 0.4) is 0 Å². The van der Waals surface area contributed by atoms with Crippen LogP contribution in [0.25, 0.3) is 0 Å². The Kier molecular flexibility index (Phi) is 9.18. The minimum atomic E-state index is -2.04. The molecule has 4 N–H and O–H groups in total. The highest BCUT2D eigenvalue weighted by Gasteiger charge is 2.51. The number of carbonyl (C=O) groups excluding carboxylic acids is 1. The Morgan fingerprint density at radius 2 is 1.98 bits per heavy atom. The number of rotatable bonds is 12. The highest BCUT2D eigenvalue weighted by molar-refractivity contribution is 5.80. The fraction of sp³-hybridized carbons (Fsp3) is 0.618. The Morgan fingerprint density at radius 3 is 2.71 bits per heavy atom. The lowest BCUT2D eigenvalue weighted by atomic mass is 9.71. The summed E-state index contributed by atoms with van der Waals surface area (Å²) < 4.78 is 29.1. The van der Waals surface area contributed by atoms with Gasteiger partial charge >= 0.3 is 5.97 Å². The largest absolute Gasteiger partial charge is 0.497 e. The van der Waals surface area contributed by atoms with Gasteiger partial charge in [-0.2, -0.15) is 0 Å². The van der Waals surface area contributed by atoms with Crippen molar-refractivity contribution in [3.63, 3.8) is 0 Å². The Hall–Kier alpha value is -3.09. The molecule has 11 heteroatoms. The second kappa shape index (κ2) is 13.0. The van der Waals surface area contributed by atoms with E-state index in [9.17, 15) is 20.1 Å². The topological polar surface area (TPSA) is 143 Å². The molecule has 4 aliphatic rings. The number of methoxy groups -OCH3 is 1. The summed E-state index contributed by atoms with van der Waals surface area (Å²) in [6.07, 6.45) is 4.86.